The zero-order valence-corrected chi connectivity index (χ0v) is 18.5. The monoisotopic (exact) mass is 434 g/mol. The summed E-state index contributed by atoms with van der Waals surface area (Å²) >= 11 is 0. The number of anilines is 1. The normalized spacial score (nSPS) is 14.7. The molecule has 4 amide bonds. The summed E-state index contributed by atoms with van der Waals surface area (Å²) in [5.41, 5.74) is 2.08. The third-order valence-corrected chi connectivity index (χ3v) is 5.39. The van der Waals surface area contributed by atoms with Crippen LogP contribution in [0.25, 0.3) is 0 Å². The fourth-order valence-electron chi connectivity index (χ4n) is 3.92. The lowest BCUT2D eigenvalue weighted by Gasteiger charge is -2.30. The van der Waals surface area contributed by atoms with Gasteiger partial charge in [-0.25, -0.2) is 10.3 Å². The summed E-state index contributed by atoms with van der Waals surface area (Å²) in [6.45, 7) is 4.09. The second kappa shape index (κ2) is 12.1. The number of ether oxygens (including phenoxy) is 1. The molecule has 0 unspecified atom stereocenters. The molecule has 1 saturated carbocycles. The molecule has 4 N–H and O–H groups in total. The predicted octanol–water partition coefficient (Wildman–Crippen LogP) is 2.76. The molecule has 1 aromatic carbocycles. The standard InChI is InChI=1S/C22H34N4O5/c1-15(2)12-18(24-22(29)23-17-10-6-7-11-19(17)31-3)21(28)26(14-20(27)25-30)13-16-8-4-5-9-16/h6-7,10-11,15-16,18,30H,4-5,8-9,12-14H2,1-3H3,(H,25,27)(H2,23,24,29)/t18-/m0/s1. The molecule has 1 aliphatic carbocycles. The Bertz CT molecular complexity index is 749. The zero-order chi connectivity index (χ0) is 22.8. The number of para-hydroxylation sites is 2. The number of methoxy groups -OCH3 is 1. The van der Waals surface area contributed by atoms with Crippen molar-refractivity contribution in [2.45, 2.75) is 52.0 Å². The summed E-state index contributed by atoms with van der Waals surface area (Å²) in [6.07, 6.45) is 4.63. The predicted molar refractivity (Wildman–Crippen MR) is 117 cm³/mol. The van der Waals surface area contributed by atoms with Crippen LogP contribution in [0.1, 0.15) is 46.0 Å². The van der Waals surface area contributed by atoms with E-state index in [1.54, 1.807) is 29.7 Å². The van der Waals surface area contributed by atoms with Crippen molar-refractivity contribution in [1.82, 2.24) is 15.7 Å². The van der Waals surface area contributed by atoms with Crippen molar-refractivity contribution in [2.75, 3.05) is 25.5 Å². The van der Waals surface area contributed by atoms with Crippen LogP contribution in [0.4, 0.5) is 10.5 Å². The third kappa shape index (κ3) is 7.75. The highest BCUT2D eigenvalue weighted by Crippen LogP contribution is 2.26. The number of amides is 4. The summed E-state index contributed by atoms with van der Waals surface area (Å²) in [4.78, 5) is 39.2. The highest BCUT2D eigenvalue weighted by atomic mass is 16.5. The van der Waals surface area contributed by atoms with Crippen LogP contribution in [0.5, 0.6) is 5.75 Å². The number of hydrogen-bond acceptors (Lipinski definition) is 5. The minimum absolute atomic E-state index is 0.139. The van der Waals surface area contributed by atoms with Gasteiger partial charge in [-0.05, 0) is 43.2 Å². The summed E-state index contributed by atoms with van der Waals surface area (Å²) in [5.74, 6) is -0.0302. The molecule has 1 aromatic rings. The Balaban J connectivity index is 2.13. The third-order valence-electron chi connectivity index (χ3n) is 5.39. The second-order valence-corrected chi connectivity index (χ2v) is 8.39. The van der Waals surface area contributed by atoms with Gasteiger partial charge in [-0.2, -0.15) is 0 Å². The molecule has 31 heavy (non-hydrogen) atoms. The van der Waals surface area contributed by atoms with Gasteiger partial charge >= 0.3 is 6.03 Å². The molecule has 0 radical (unpaired) electrons. The van der Waals surface area contributed by atoms with Gasteiger partial charge in [0.15, 0.2) is 0 Å². The Labute approximate surface area is 183 Å². The number of hydroxylamine groups is 1. The molecule has 0 aliphatic heterocycles. The first-order valence-corrected chi connectivity index (χ1v) is 10.8. The molecule has 9 heteroatoms. The minimum atomic E-state index is -0.803. The highest BCUT2D eigenvalue weighted by Gasteiger charge is 2.30. The van der Waals surface area contributed by atoms with E-state index in [2.05, 4.69) is 10.6 Å². The number of urea groups is 1. The van der Waals surface area contributed by atoms with E-state index in [1.807, 2.05) is 13.8 Å². The van der Waals surface area contributed by atoms with E-state index in [9.17, 15) is 14.4 Å². The molecule has 1 atom stereocenters. The number of carbonyl (C=O) groups is 3. The Morgan fingerprint density at radius 1 is 1.19 bits per heavy atom. The lowest BCUT2D eigenvalue weighted by atomic mass is 10.0. The van der Waals surface area contributed by atoms with E-state index in [1.165, 1.54) is 12.0 Å². The molecular weight excluding hydrogens is 400 g/mol. The number of rotatable bonds is 10. The minimum Gasteiger partial charge on any atom is -0.495 e. The van der Waals surface area contributed by atoms with Crippen LogP contribution in [-0.4, -0.2) is 54.2 Å². The SMILES string of the molecule is COc1ccccc1NC(=O)N[C@@H](CC(C)C)C(=O)N(CC(=O)NO)CC1CCCC1. The first kappa shape index (κ1) is 24.5. The lowest BCUT2D eigenvalue weighted by molar-refractivity contribution is -0.141. The molecule has 0 saturated heterocycles. The summed E-state index contributed by atoms with van der Waals surface area (Å²) < 4.78 is 5.25. The van der Waals surface area contributed by atoms with Gasteiger partial charge in [-0.15, -0.1) is 0 Å². The van der Waals surface area contributed by atoms with Gasteiger partial charge in [0, 0.05) is 6.54 Å². The fourth-order valence-corrected chi connectivity index (χ4v) is 3.92. The van der Waals surface area contributed by atoms with Crippen LogP contribution >= 0.6 is 0 Å². The van der Waals surface area contributed by atoms with Crippen molar-refractivity contribution in [3.05, 3.63) is 24.3 Å². The van der Waals surface area contributed by atoms with Crippen molar-refractivity contribution in [1.29, 1.82) is 0 Å². The molecule has 2 rings (SSSR count). The Morgan fingerprint density at radius 3 is 2.48 bits per heavy atom. The molecule has 0 aromatic heterocycles. The molecule has 1 aliphatic rings. The van der Waals surface area contributed by atoms with Crippen LogP contribution < -0.4 is 20.9 Å². The van der Waals surface area contributed by atoms with E-state index in [0.717, 1.165) is 25.7 Å². The Kier molecular flexibility index (Phi) is 9.58. The van der Waals surface area contributed by atoms with E-state index in [0.29, 0.717) is 30.3 Å². The number of nitrogens with zero attached hydrogens (tertiary/aromatic N) is 1. The molecular formula is C22H34N4O5. The fraction of sp³-hybridized carbons (Fsp3) is 0.591. The van der Waals surface area contributed by atoms with Gasteiger partial charge in [0.1, 0.15) is 18.3 Å². The van der Waals surface area contributed by atoms with E-state index >= 15 is 0 Å². The van der Waals surface area contributed by atoms with Crippen molar-refractivity contribution in [2.24, 2.45) is 11.8 Å². The van der Waals surface area contributed by atoms with Crippen molar-refractivity contribution < 1.29 is 24.3 Å². The van der Waals surface area contributed by atoms with Gasteiger partial charge < -0.3 is 20.3 Å². The van der Waals surface area contributed by atoms with Gasteiger partial charge in [0.05, 0.1) is 12.8 Å². The van der Waals surface area contributed by atoms with Crippen LogP contribution in [0.3, 0.4) is 0 Å². The van der Waals surface area contributed by atoms with Gasteiger partial charge in [-0.1, -0.05) is 38.8 Å². The number of hydrogen-bond donors (Lipinski definition) is 4. The van der Waals surface area contributed by atoms with Gasteiger partial charge in [-0.3, -0.25) is 14.8 Å². The van der Waals surface area contributed by atoms with Crippen molar-refractivity contribution in [3.8, 4) is 5.75 Å². The average Bonchev–Trinajstić information content (AvgIpc) is 3.25. The molecule has 0 heterocycles. The van der Waals surface area contributed by atoms with E-state index in [4.69, 9.17) is 9.94 Å². The van der Waals surface area contributed by atoms with Crippen LogP contribution in [0.15, 0.2) is 24.3 Å². The number of benzene rings is 1. The first-order chi connectivity index (χ1) is 14.8. The molecule has 1 fully saturated rings. The first-order valence-electron chi connectivity index (χ1n) is 10.8. The van der Waals surface area contributed by atoms with Crippen molar-refractivity contribution in [3.63, 3.8) is 0 Å². The van der Waals surface area contributed by atoms with E-state index < -0.39 is 18.0 Å². The summed E-state index contributed by atoms with van der Waals surface area (Å²) in [6, 6.07) is 5.66. The maximum atomic E-state index is 13.3. The van der Waals surface area contributed by atoms with E-state index in [-0.39, 0.29) is 18.4 Å². The maximum Gasteiger partial charge on any atom is 0.319 e. The summed E-state index contributed by atoms with van der Waals surface area (Å²) in [7, 11) is 1.51. The van der Waals surface area contributed by atoms with Crippen molar-refractivity contribution >= 4 is 23.5 Å². The lowest BCUT2D eigenvalue weighted by Crippen LogP contribution is -2.53. The topological polar surface area (TPSA) is 120 Å². The summed E-state index contributed by atoms with van der Waals surface area (Å²) in [5, 5.41) is 14.4. The van der Waals surface area contributed by atoms with Gasteiger partial charge in [0.25, 0.3) is 5.91 Å². The molecule has 0 bridgehead atoms. The number of carbonyl (C=O) groups excluding carboxylic acids is 3. The molecule has 0 spiro atoms. The quantitative estimate of drug-likeness (QED) is 0.333. The smallest absolute Gasteiger partial charge is 0.319 e. The average molecular weight is 435 g/mol. The molecule has 9 nitrogen and oxygen atoms in total. The zero-order valence-electron chi connectivity index (χ0n) is 18.5. The Hall–Kier alpha value is -2.81. The highest BCUT2D eigenvalue weighted by molar-refractivity contribution is 5.95. The second-order valence-electron chi connectivity index (χ2n) is 8.39. The largest absolute Gasteiger partial charge is 0.495 e. The van der Waals surface area contributed by atoms with Crippen LogP contribution in [0.2, 0.25) is 0 Å². The van der Waals surface area contributed by atoms with Crippen LogP contribution in [-0.2, 0) is 9.59 Å². The maximum absolute atomic E-state index is 13.3. The Morgan fingerprint density at radius 2 is 1.87 bits per heavy atom. The van der Waals surface area contributed by atoms with Gasteiger partial charge in [0.2, 0.25) is 5.91 Å². The molecule has 172 valence electrons. The van der Waals surface area contributed by atoms with Crippen LogP contribution in [0, 0.1) is 11.8 Å². The number of nitrogens with one attached hydrogen (secondary N) is 3.